The predicted octanol–water partition coefficient (Wildman–Crippen LogP) is 5.16. The molecule has 1 heterocycles. The van der Waals surface area contributed by atoms with Gasteiger partial charge in [0.2, 0.25) is 0 Å². The maximum atomic E-state index is 13.1. The number of nitrogens with zero attached hydrogens (tertiary/aromatic N) is 2. The molecule has 1 aliphatic heterocycles. The van der Waals surface area contributed by atoms with Crippen molar-refractivity contribution in [2.45, 2.75) is 32.9 Å². The standard InChI is InChI=1S/C30H37N3O4/c1-21(2)29(20-32-16-17-33(22(3)19-32)24-6-5-7-25(34)18-24)31-30(35)23-8-10-27(11-9-23)37-28-14-12-26(36-4)13-15-28/h5-15,18,21-22,29,34H,16-17,19-20H2,1-4H3,(H,31,35)/t22-,29+/m0/s1. The number of ether oxygens (including phenoxy) is 2. The number of phenolic OH excluding ortho intramolecular Hbond substituents is 1. The van der Waals surface area contributed by atoms with E-state index in [1.807, 2.05) is 54.6 Å². The fourth-order valence-corrected chi connectivity index (χ4v) is 4.66. The van der Waals surface area contributed by atoms with Gasteiger partial charge in [-0.25, -0.2) is 0 Å². The quantitative estimate of drug-likeness (QED) is 0.420. The van der Waals surface area contributed by atoms with Gasteiger partial charge in [0.15, 0.2) is 0 Å². The van der Waals surface area contributed by atoms with Crippen LogP contribution in [0.15, 0.2) is 72.8 Å². The number of carbonyl (C=O) groups excluding carboxylic acids is 1. The van der Waals surface area contributed by atoms with E-state index < -0.39 is 0 Å². The van der Waals surface area contributed by atoms with Crippen molar-refractivity contribution < 1.29 is 19.4 Å². The van der Waals surface area contributed by atoms with Crippen LogP contribution in [0.25, 0.3) is 0 Å². The second-order valence-electron chi connectivity index (χ2n) is 9.95. The van der Waals surface area contributed by atoms with Crippen LogP contribution >= 0.6 is 0 Å². The van der Waals surface area contributed by atoms with E-state index >= 15 is 0 Å². The molecule has 0 spiro atoms. The van der Waals surface area contributed by atoms with Crippen LogP contribution in [0.1, 0.15) is 31.1 Å². The Kier molecular flexibility index (Phi) is 8.56. The molecule has 0 bridgehead atoms. The zero-order chi connectivity index (χ0) is 26.4. The minimum Gasteiger partial charge on any atom is -0.508 e. The highest BCUT2D eigenvalue weighted by Crippen LogP contribution is 2.26. The fraction of sp³-hybridized carbons (Fsp3) is 0.367. The van der Waals surface area contributed by atoms with Crippen LogP contribution in [0.5, 0.6) is 23.0 Å². The number of rotatable bonds is 9. The lowest BCUT2D eigenvalue weighted by atomic mass is 10.0. The lowest BCUT2D eigenvalue weighted by Crippen LogP contribution is -2.56. The third-order valence-corrected chi connectivity index (χ3v) is 6.86. The summed E-state index contributed by atoms with van der Waals surface area (Å²) in [5.74, 6) is 2.64. The molecule has 0 unspecified atom stereocenters. The number of nitrogens with one attached hydrogen (secondary N) is 1. The van der Waals surface area contributed by atoms with E-state index in [1.54, 1.807) is 25.3 Å². The van der Waals surface area contributed by atoms with E-state index in [-0.39, 0.29) is 17.7 Å². The van der Waals surface area contributed by atoms with Crippen LogP contribution in [-0.2, 0) is 0 Å². The van der Waals surface area contributed by atoms with Crippen molar-refractivity contribution in [1.29, 1.82) is 0 Å². The number of methoxy groups -OCH3 is 1. The average Bonchev–Trinajstić information content (AvgIpc) is 2.89. The van der Waals surface area contributed by atoms with Gasteiger partial charge in [0, 0.05) is 55.6 Å². The van der Waals surface area contributed by atoms with Crippen molar-refractivity contribution in [3.05, 3.63) is 78.4 Å². The molecule has 0 aromatic heterocycles. The number of aromatic hydroxyl groups is 1. The maximum Gasteiger partial charge on any atom is 0.251 e. The molecule has 0 radical (unpaired) electrons. The van der Waals surface area contributed by atoms with E-state index in [4.69, 9.17) is 9.47 Å². The second-order valence-corrected chi connectivity index (χ2v) is 9.95. The van der Waals surface area contributed by atoms with Crippen LogP contribution in [-0.4, -0.2) is 61.3 Å². The number of piperazine rings is 1. The summed E-state index contributed by atoms with van der Waals surface area (Å²) in [5, 5.41) is 13.1. The number of phenols is 1. The van der Waals surface area contributed by atoms with E-state index in [2.05, 4.69) is 35.9 Å². The number of carbonyl (C=O) groups is 1. The Balaban J connectivity index is 1.32. The number of benzene rings is 3. The van der Waals surface area contributed by atoms with Crippen molar-refractivity contribution in [3.8, 4) is 23.0 Å². The zero-order valence-corrected chi connectivity index (χ0v) is 22.1. The molecule has 196 valence electrons. The second kappa shape index (κ2) is 12.0. The highest BCUT2D eigenvalue weighted by molar-refractivity contribution is 5.94. The molecule has 0 aliphatic carbocycles. The molecule has 3 aromatic carbocycles. The van der Waals surface area contributed by atoms with E-state index in [0.717, 1.165) is 37.6 Å². The van der Waals surface area contributed by atoms with Gasteiger partial charge < -0.3 is 24.8 Å². The molecule has 7 heteroatoms. The molecule has 4 rings (SSSR count). The smallest absolute Gasteiger partial charge is 0.251 e. The number of hydrogen-bond acceptors (Lipinski definition) is 6. The Bertz CT molecular complexity index is 1160. The third-order valence-electron chi connectivity index (χ3n) is 6.86. The van der Waals surface area contributed by atoms with Gasteiger partial charge >= 0.3 is 0 Å². The summed E-state index contributed by atoms with van der Waals surface area (Å²) < 4.78 is 11.1. The summed E-state index contributed by atoms with van der Waals surface area (Å²) in [6.07, 6.45) is 0. The van der Waals surface area contributed by atoms with Gasteiger partial charge in [-0.2, -0.15) is 0 Å². The average molecular weight is 504 g/mol. The van der Waals surface area contributed by atoms with Gasteiger partial charge in [-0.05, 0) is 73.5 Å². The number of amides is 1. The normalized spacial score (nSPS) is 16.9. The summed E-state index contributed by atoms with van der Waals surface area (Å²) in [5.41, 5.74) is 1.65. The van der Waals surface area contributed by atoms with Gasteiger partial charge in [0.25, 0.3) is 5.91 Å². The highest BCUT2D eigenvalue weighted by atomic mass is 16.5. The largest absolute Gasteiger partial charge is 0.508 e. The van der Waals surface area contributed by atoms with Crippen molar-refractivity contribution in [2.24, 2.45) is 5.92 Å². The molecule has 3 aromatic rings. The zero-order valence-electron chi connectivity index (χ0n) is 22.1. The van der Waals surface area contributed by atoms with Gasteiger partial charge in [-0.1, -0.05) is 19.9 Å². The molecule has 1 amide bonds. The molecule has 2 atom stereocenters. The van der Waals surface area contributed by atoms with Crippen LogP contribution in [0.2, 0.25) is 0 Å². The predicted molar refractivity (Wildman–Crippen MR) is 147 cm³/mol. The summed E-state index contributed by atoms with van der Waals surface area (Å²) in [4.78, 5) is 17.8. The van der Waals surface area contributed by atoms with Crippen molar-refractivity contribution >= 4 is 11.6 Å². The van der Waals surface area contributed by atoms with Crippen LogP contribution in [0.3, 0.4) is 0 Å². The van der Waals surface area contributed by atoms with Gasteiger partial charge in [0.05, 0.1) is 7.11 Å². The molecule has 1 aliphatic rings. The Labute approximate surface area is 219 Å². The first-order valence-electron chi connectivity index (χ1n) is 12.8. The summed E-state index contributed by atoms with van der Waals surface area (Å²) >= 11 is 0. The summed E-state index contributed by atoms with van der Waals surface area (Å²) in [6.45, 7) is 9.95. The third kappa shape index (κ3) is 6.95. The Morgan fingerprint density at radius 3 is 2.24 bits per heavy atom. The molecule has 7 nitrogen and oxygen atoms in total. The molecule has 2 N–H and O–H groups in total. The summed E-state index contributed by atoms with van der Waals surface area (Å²) in [6, 6.07) is 22.3. The fourth-order valence-electron chi connectivity index (χ4n) is 4.66. The Morgan fingerprint density at radius 1 is 1.00 bits per heavy atom. The lowest BCUT2D eigenvalue weighted by Gasteiger charge is -2.42. The maximum absolute atomic E-state index is 13.1. The minimum absolute atomic E-state index is 0.0299. The first kappa shape index (κ1) is 26.4. The minimum atomic E-state index is -0.0823. The molecule has 0 saturated carbocycles. The van der Waals surface area contributed by atoms with Gasteiger partial charge in [-0.15, -0.1) is 0 Å². The highest BCUT2D eigenvalue weighted by Gasteiger charge is 2.27. The van der Waals surface area contributed by atoms with Crippen molar-refractivity contribution in [3.63, 3.8) is 0 Å². The molecule has 1 fully saturated rings. The van der Waals surface area contributed by atoms with Crippen LogP contribution < -0.4 is 19.7 Å². The number of anilines is 1. The summed E-state index contributed by atoms with van der Waals surface area (Å²) in [7, 11) is 1.63. The topological polar surface area (TPSA) is 74.3 Å². The molecule has 37 heavy (non-hydrogen) atoms. The first-order valence-corrected chi connectivity index (χ1v) is 12.8. The SMILES string of the molecule is COc1ccc(Oc2ccc(C(=O)N[C@H](CN3CCN(c4cccc(O)c4)[C@@H](C)C3)C(C)C)cc2)cc1. The Morgan fingerprint density at radius 2 is 1.65 bits per heavy atom. The van der Waals surface area contributed by atoms with Crippen molar-refractivity contribution in [2.75, 3.05) is 38.2 Å². The molecular weight excluding hydrogens is 466 g/mol. The van der Waals surface area contributed by atoms with Crippen LogP contribution in [0.4, 0.5) is 5.69 Å². The Hall–Kier alpha value is -3.71. The van der Waals surface area contributed by atoms with Gasteiger partial charge in [-0.3, -0.25) is 9.69 Å². The molecule has 1 saturated heterocycles. The number of hydrogen-bond donors (Lipinski definition) is 2. The first-order chi connectivity index (χ1) is 17.8. The van der Waals surface area contributed by atoms with E-state index in [0.29, 0.717) is 29.0 Å². The van der Waals surface area contributed by atoms with E-state index in [1.165, 1.54) is 0 Å². The van der Waals surface area contributed by atoms with E-state index in [9.17, 15) is 9.90 Å². The molecular formula is C30H37N3O4. The van der Waals surface area contributed by atoms with Gasteiger partial charge in [0.1, 0.15) is 23.0 Å². The van der Waals surface area contributed by atoms with Crippen molar-refractivity contribution in [1.82, 2.24) is 10.2 Å². The monoisotopic (exact) mass is 503 g/mol. The lowest BCUT2D eigenvalue weighted by molar-refractivity contribution is 0.0903. The van der Waals surface area contributed by atoms with Crippen LogP contribution in [0, 0.1) is 5.92 Å².